The summed E-state index contributed by atoms with van der Waals surface area (Å²) < 4.78 is 5.37. The number of hydrogen-bond acceptors (Lipinski definition) is 6. The number of hydrogen-bond donors (Lipinski definition) is 0. The van der Waals surface area contributed by atoms with Gasteiger partial charge in [0, 0.05) is 28.4 Å². The van der Waals surface area contributed by atoms with Crippen molar-refractivity contribution in [2.24, 2.45) is 10.9 Å². The van der Waals surface area contributed by atoms with E-state index in [1.165, 1.54) is 17.3 Å². The van der Waals surface area contributed by atoms with E-state index in [1.807, 2.05) is 25.1 Å². The number of amidine groups is 1. The number of aliphatic imine (C=N–C) groups is 1. The van der Waals surface area contributed by atoms with Crippen molar-refractivity contribution in [1.29, 1.82) is 0 Å². The predicted octanol–water partition coefficient (Wildman–Crippen LogP) is 5.73. The summed E-state index contributed by atoms with van der Waals surface area (Å²) in [5, 5.41) is 1.96. The third kappa shape index (κ3) is 3.19. The SMILES string of the molecule is CCOC(=O)C1=C2C(C)Cc3cc(Cl)ccc3C3N2C(=NC3(C)c2ccc(Cl)nc2)S1. The van der Waals surface area contributed by atoms with Gasteiger partial charge in [-0.3, -0.25) is 0 Å². The molecule has 8 heteroatoms. The molecule has 0 N–H and O–H groups in total. The Balaban J connectivity index is 1.73. The number of benzene rings is 1. The van der Waals surface area contributed by atoms with Crippen molar-refractivity contribution in [3.8, 4) is 0 Å². The van der Waals surface area contributed by atoms with Crippen molar-refractivity contribution in [2.75, 3.05) is 6.61 Å². The van der Waals surface area contributed by atoms with Gasteiger partial charge in [0.1, 0.15) is 15.6 Å². The number of thioether (sulfide) groups is 1. The van der Waals surface area contributed by atoms with Gasteiger partial charge < -0.3 is 9.64 Å². The molecule has 0 spiro atoms. The largest absolute Gasteiger partial charge is 0.462 e. The summed E-state index contributed by atoms with van der Waals surface area (Å²) in [6, 6.07) is 9.69. The van der Waals surface area contributed by atoms with E-state index in [9.17, 15) is 4.79 Å². The zero-order valence-corrected chi connectivity index (χ0v) is 19.7. The standard InChI is InChI=1S/C23H21Cl2N3O2S/c1-4-30-21(29)19-18-12(2)9-13-10-15(24)6-7-16(13)20-23(3,27-22(31-19)28(18)20)14-5-8-17(25)26-11-14/h5-8,10-12,20H,4,9H2,1-3H3. The van der Waals surface area contributed by atoms with E-state index < -0.39 is 5.54 Å². The van der Waals surface area contributed by atoms with E-state index in [-0.39, 0.29) is 17.9 Å². The van der Waals surface area contributed by atoms with Crippen LogP contribution in [0.5, 0.6) is 0 Å². The van der Waals surface area contributed by atoms with Crippen LogP contribution in [0, 0.1) is 5.92 Å². The summed E-state index contributed by atoms with van der Waals surface area (Å²) in [7, 11) is 0. The summed E-state index contributed by atoms with van der Waals surface area (Å²) in [4.78, 5) is 25.1. The maximum Gasteiger partial charge on any atom is 0.346 e. The lowest BCUT2D eigenvalue weighted by molar-refractivity contribution is -0.137. The normalized spacial score (nSPS) is 26.4. The summed E-state index contributed by atoms with van der Waals surface area (Å²) in [6.45, 7) is 6.42. The van der Waals surface area contributed by atoms with Crippen LogP contribution in [-0.4, -0.2) is 27.6 Å². The Labute approximate surface area is 195 Å². The fraction of sp³-hybridized carbons (Fsp3) is 0.348. The molecule has 4 heterocycles. The highest BCUT2D eigenvalue weighted by Gasteiger charge is 2.55. The van der Waals surface area contributed by atoms with Crippen LogP contribution in [0.1, 0.15) is 43.5 Å². The lowest BCUT2D eigenvalue weighted by Crippen LogP contribution is -2.35. The first-order chi connectivity index (χ1) is 14.8. The van der Waals surface area contributed by atoms with E-state index in [4.69, 9.17) is 32.9 Å². The molecule has 31 heavy (non-hydrogen) atoms. The van der Waals surface area contributed by atoms with Gasteiger partial charge in [-0.15, -0.1) is 0 Å². The quantitative estimate of drug-likeness (QED) is 0.420. The highest BCUT2D eigenvalue weighted by molar-refractivity contribution is 8.18. The number of pyridine rings is 1. The number of carbonyl (C=O) groups excluding carboxylic acids is 1. The number of carbonyl (C=O) groups is 1. The highest BCUT2D eigenvalue weighted by atomic mass is 35.5. The molecule has 160 valence electrons. The van der Waals surface area contributed by atoms with Gasteiger partial charge in [-0.25, -0.2) is 14.8 Å². The Morgan fingerprint density at radius 2 is 2.13 bits per heavy atom. The van der Waals surface area contributed by atoms with Crippen LogP contribution in [0.4, 0.5) is 0 Å². The number of ether oxygens (including phenoxy) is 1. The number of allylic oxidation sites excluding steroid dienone is 1. The zero-order chi connectivity index (χ0) is 21.9. The van der Waals surface area contributed by atoms with E-state index in [2.05, 4.69) is 29.8 Å². The Morgan fingerprint density at radius 1 is 1.32 bits per heavy atom. The molecule has 0 aliphatic carbocycles. The predicted molar refractivity (Wildman–Crippen MR) is 124 cm³/mol. The van der Waals surface area contributed by atoms with Crippen molar-refractivity contribution in [3.63, 3.8) is 0 Å². The fourth-order valence-electron chi connectivity index (χ4n) is 4.83. The second-order valence-corrected chi connectivity index (χ2v) is 9.97. The van der Waals surface area contributed by atoms with Gasteiger partial charge >= 0.3 is 5.97 Å². The number of fused-ring (bicyclic) bond motifs is 2. The van der Waals surface area contributed by atoms with Gasteiger partial charge in [0.15, 0.2) is 5.17 Å². The Morgan fingerprint density at radius 3 is 2.84 bits per heavy atom. The third-order valence-electron chi connectivity index (χ3n) is 6.18. The van der Waals surface area contributed by atoms with Gasteiger partial charge in [-0.2, -0.15) is 0 Å². The molecule has 0 radical (unpaired) electrons. The van der Waals surface area contributed by atoms with Crippen LogP contribution < -0.4 is 0 Å². The molecule has 3 aliphatic rings. The van der Waals surface area contributed by atoms with Crippen LogP contribution in [0.3, 0.4) is 0 Å². The molecule has 0 bridgehead atoms. The number of halogens is 2. The van der Waals surface area contributed by atoms with Gasteiger partial charge in [-0.05, 0) is 61.4 Å². The first-order valence-electron chi connectivity index (χ1n) is 10.2. The third-order valence-corrected chi connectivity index (χ3v) is 7.68. The average Bonchev–Trinajstić information content (AvgIpc) is 3.17. The Hall–Kier alpha value is -2.02. The number of rotatable bonds is 3. The first-order valence-corrected chi connectivity index (χ1v) is 11.8. The maximum atomic E-state index is 12.8. The maximum absolute atomic E-state index is 12.8. The van der Waals surface area contributed by atoms with Crippen molar-refractivity contribution < 1.29 is 9.53 Å². The van der Waals surface area contributed by atoms with Crippen molar-refractivity contribution in [2.45, 2.75) is 38.8 Å². The summed E-state index contributed by atoms with van der Waals surface area (Å²) >= 11 is 13.8. The Bertz CT molecular complexity index is 1150. The van der Waals surface area contributed by atoms with Gasteiger partial charge in [0.2, 0.25) is 0 Å². The molecular weight excluding hydrogens is 453 g/mol. The monoisotopic (exact) mass is 473 g/mol. The van der Waals surface area contributed by atoms with E-state index in [0.717, 1.165) is 28.4 Å². The average molecular weight is 474 g/mol. The molecule has 0 amide bonds. The summed E-state index contributed by atoms with van der Waals surface area (Å²) in [5.74, 6) is -0.184. The molecule has 0 fully saturated rings. The minimum absolute atomic E-state index is 0.104. The second kappa shape index (κ2) is 7.54. The molecule has 0 saturated heterocycles. The second-order valence-electron chi connectivity index (χ2n) is 8.17. The molecule has 3 atom stereocenters. The van der Waals surface area contributed by atoms with E-state index in [1.54, 1.807) is 12.3 Å². The zero-order valence-electron chi connectivity index (χ0n) is 17.4. The van der Waals surface area contributed by atoms with Crippen molar-refractivity contribution in [3.05, 3.63) is 74.0 Å². The smallest absolute Gasteiger partial charge is 0.346 e. The summed E-state index contributed by atoms with van der Waals surface area (Å²) in [5.41, 5.74) is 3.68. The minimum Gasteiger partial charge on any atom is -0.462 e. The van der Waals surface area contributed by atoms with Crippen LogP contribution in [0.15, 0.2) is 52.1 Å². The van der Waals surface area contributed by atoms with Crippen LogP contribution >= 0.6 is 35.0 Å². The molecular formula is C23H21Cl2N3O2S. The fourth-order valence-corrected chi connectivity index (χ4v) is 6.40. The number of esters is 1. The summed E-state index contributed by atoms with van der Waals surface area (Å²) in [6.07, 6.45) is 2.57. The molecule has 5 rings (SSSR count). The molecule has 1 aromatic carbocycles. The lowest BCUT2D eigenvalue weighted by Gasteiger charge is -2.35. The van der Waals surface area contributed by atoms with Crippen LogP contribution in [0.25, 0.3) is 0 Å². The minimum atomic E-state index is -0.599. The molecule has 3 unspecified atom stereocenters. The Kier molecular flexibility index (Phi) is 5.07. The van der Waals surface area contributed by atoms with Crippen LogP contribution in [0.2, 0.25) is 10.2 Å². The number of nitrogens with zero attached hydrogens (tertiary/aromatic N) is 3. The molecule has 0 saturated carbocycles. The van der Waals surface area contributed by atoms with Gasteiger partial charge in [-0.1, -0.05) is 42.3 Å². The molecule has 3 aliphatic heterocycles. The van der Waals surface area contributed by atoms with Crippen molar-refractivity contribution in [1.82, 2.24) is 9.88 Å². The topological polar surface area (TPSA) is 54.8 Å². The van der Waals surface area contributed by atoms with Crippen molar-refractivity contribution >= 4 is 46.1 Å². The molecule has 2 aromatic rings. The highest BCUT2D eigenvalue weighted by Crippen LogP contribution is 2.58. The van der Waals surface area contributed by atoms with Gasteiger partial charge in [0.05, 0.1) is 12.6 Å². The number of aromatic nitrogens is 1. The molecule has 5 nitrogen and oxygen atoms in total. The van der Waals surface area contributed by atoms with Gasteiger partial charge in [0.25, 0.3) is 0 Å². The first kappa shape index (κ1) is 20.9. The van der Waals surface area contributed by atoms with E-state index in [0.29, 0.717) is 21.7 Å². The van der Waals surface area contributed by atoms with E-state index >= 15 is 0 Å². The lowest BCUT2D eigenvalue weighted by atomic mass is 9.81. The van der Waals surface area contributed by atoms with Crippen LogP contribution in [-0.2, 0) is 21.5 Å². The molecule has 1 aromatic heterocycles.